The second-order valence-electron chi connectivity index (χ2n) is 5.05. The number of halogens is 1. The van der Waals surface area contributed by atoms with E-state index in [1.54, 1.807) is 0 Å². The second kappa shape index (κ2) is 5.06. The third-order valence-corrected chi connectivity index (χ3v) is 4.11. The van der Waals surface area contributed by atoms with E-state index in [0.29, 0.717) is 23.5 Å². The summed E-state index contributed by atoms with van der Waals surface area (Å²) in [5.74, 6) is 0.388. The Morgan fingerprint density at radius 2 is 2.18 bits per heavy atom. The highest BCUT2D eigenvalue weighted by Gasteiger charge is 2.18. The molecule has 0 amide bonds. The van der Waals surface area contributed by atoms with Crippen molar-refractivity contribution in [3.8, 4) is 0 Å². The molecular weight excluding hydrogens is 344 g/mol. The molecule has 2 heterocycles. The highest BCUT2D eigenvalue weighted by atomic mass is 79.9. The van der Waals surface area contributed by atoms with Gasteiger partial charge < -0.3 is 0 Å². The van der Waals surface area contributed by atoms with Crippen LogP contribution in [0.1, 0.15) is 16.8 Å². The lowest BCUT2D eigenvalue weighted by Gasteiger charge is -2.12. The zero-order valence-electron chi connectivity index (χ0n) is 11.5. The third kappa shape index (κ3) is 2.12. The zero-order valence-corrected chi connectivity index (χ0v) is 13.0. The number of hydrogen-bond acceptors (Lipinski definition) is 3. The van der Waals surface area contributed by atoms with Crippen LogP contribution in [0.5, 0.6) is 0 Å². The summed E-state index contributed by atoms with van der Waals surface area (Å²) >= 11 is 3.46. The molecule has 5 nitrogen and oxygen atoms in total. The molecule has 4 rings (SSSR count). The van der Waals surface area contributed by atoms with Crippen molar-refractivity contribution < 1.29 is 0 Å². The second-order valence-corrected chi connectivity index (χ2v) is 5.97. The molecule has 0 fully saturated rings. The van der Waals surface area contributed by atoms with Crippen molar-refractivity contribution in [2.75, 3.05) is 0 Å². The van der Waals surface area contributed by atoms with Crippen LogP contribution in [0.25, 0.3) is 11.4 Å². The molecule has 0 saturated heterocycles. The van der Waals surface area contributed by atoms with E-state index in [4.69, 9.17) is 0 Å². The number of nitrogens with zero attached hydrogens (tertiary/aromatic N) is 3. The molecule has 108 valence electrons. The average Bonchev–Trinajstić information content (AvgIpc) is 2.90. The molecule has 0 bridgehead atoms. The van der Waals surface area contributed by atoms with Crippen LogP contribution in [0.4, 0.5) is 0 Å². The Morgan fingerprint density at radius 3 is 2.91 bits per heavy atom. The maximum Gasteiger partial charge on any atom is 0.278 e. The largest absolute Gasteiger partial charge is 0.278 e. The number of nitrogens with one attached hydrogen (secondary N) is 1. The van der Waals surface area contributed by atoms with Gasteiger partial charge in [0.2, 0.25) is 0 Å². The van der Waals surface area contributed by atoms with Gasteiger partial charge in [-0.05, 0) is 17.7 Å². The van der Waals surface area contributed by atoms with Crippen molar-refractivity contribution in [1.82, 2.24) is 19.6 Å². The number of rotatable bonds is 3. The number of hydrogen-bond donors (Lipinski definition) is 1. The molecule has 2 aromatic heterocycles. The standard InChI is InChI=1S/C16H11BrN4O/c17-12-6-1-3-10(7-12)8-13-14(11-4-2-5-11)20-16-18-9-19-21(16)15(13)22/h1-7,9H,8H2,(H,18,19,20). The summed E-state index contributed by atoms with van der Waals surface area (Å²) in [5, 5.41) is 2.81. The van der Waals surface area contributed by atoms with Gasteiger partial charge in [-0.1, -0.05) is 46.3 Å². The van der Waals surface area contributed by atoms with E-state index in [-0.39, 0.29) is 5.56 Å². The van der Waals surface area contributed by atoms with Crippen LogP contribution in [0.3, 0.4) is 0 Å². The molecule has 0 spiro atoms. The van der Waals surface area contributed by atoms with Gasteiger partial charge in [-0.15, -0.1) is 0 Å². The highest BCUT2D eigenvalue weighted by Crippen LogP contribution is 2.24. The topological polar surface area (TPSA) is 63.0 Å². The van der Waals surface area contributed by atoms with Crippen molar-refractivity contribution in [2.45, 2.75) is 6.42 Å². The summed E-state index contributed by atoms with van der Waals surface area (Å²) < 4.78 is 2.37. The number of aromatic amines is 1. The molecular formula is C16H11BrN4O. The fourth-order valence-corrected chi connectivity index (χ4v) is 2.94. The quantitative estimate of drug-likeness (QED) is 0.786. The van der Waals surface area contributed by atoms with E-state index in [0.717, 1.165) is 15.6 Å². The van der Waals surface area contributed by atoms with Crippen molar-refractivity contribution in [2.24, 2.45) is 0 Å². The number of aromatic nitrogens is 4. The van der Waals surface area contributed by atoms with Crippen LogP contribution in [0.15, 0.2) is 58.1 Å². The first kappa shape index (κ1) is 13.2. The van der Waals surface area contributed by atoms with Gasteiger partial charge in [-0.2, -0.15) is 4.52 Å². The Kier molecular flexibility index (Phi) is 3.04. The van der Waals surface area contributed by atoms with E-state index < -0.39 is 0 Å². The highest BCUT2D eigenvalue weighted by molar-refractivity contribution is 9.10. The van der Waals surface area contributed by atoms with Crippen molar-refractivity contribution in [1.29, 1.82) is 0 Å². The van der Waals surface area contributed by atoms with Crippen molar-refractivity contribution in [3.63, 3.8) is 0 Å². The van der Waals surface area contributed by atoms with Gasteiger partial charge in [0.05, 0.1) is 11.3 Å². The lowest BCUT2D eigenvalue weighted by atomic mass is 9.97. The molecule has 0 saturated carbocycles. The van der Waals surface area contributed by atoms with Crippen molar-refractivity contribution >= 4 is 27.3 Å². The summed E-state index contributed by atoms with van der Waals surface area (Å²) in [4.78, 5) is 21.3. The Bertz CT molecular complexity index is 997. The van der Waals surface area contributed by atoms with E-state index in [1.807, 2.05) is 42.5 Å². The van der Waals surface area contributed by atoms with Gasteiger partial charge in [0.25, 0.3) is 11.3 Å². The van der Waals surface area contributed by atoms with E-state index in [2.05, 4.69) is 31.0 Å². The summed E-state index contributed by atoms with van der Waals surface area (Å²) in [5.41, 5.74) is 3.28. The molecule has 3 aromatic rings. The number of H-pyrrole nitrogens is 1. The molecule has 0 unspecified atom stereocenters. The van der Waals surface area contributed by atoms with Crippen LogP contribution in [0.2, 0.25) is 0 Å². The molecule has 1 N–H and O–H groups in total. The fraction of sp³-hybridized carbons (Fsp3) is 0.0625. The summed E-state index contributed by atoms with van der Waals surface area (Å²) in [7, 11) is 0. The number of fused-ring (bicyclic) bond motifs is 1. The fourth-order valence-electron chi connectivity index (χ4n) is 2.49. The predicted molar refractivity (Wildman–Crippen MR) is 87.7 cm³/mol. The summed E-state index contributed by atoms with van der Waals surface area (Å²) in [6.45, 7) is 0. The smallest absolute Gasteiger partial charge is 0.278 e. The monoisotopic (exact) mass is 354 g/mol. The maximum atomic E-state index is 12.7. The number of benzene rings is 1. The van der Waals surface area contributed by atoms with Gasteiger partial charge in [0.1, 0.15) is 6.33 Å². The normalized spacial score (nSPS) is 13.2. The SMILES string of the molecule is O=c1c(Cc2cccc(Br)c2)c(C2=CC=C2)nc2nc[nH]n12. The van der Waals surface area contributed by atoms with Gasteiger partial charge in [-0.25, -0.2) is 9.97 Å². The zero-order chi connectivity index (χ0) is 15.1. The Balaban J connectivity index is 1.90. The minimum Gasteiger partial charge on any atom is -0.278 e. The first-order valence-corrected chi connectivity index (χ1v) is 7.60. The van der Waals surface area contributed by atoms with Gasteiger partial charge in [-0.3, -0.25) is 9.89 Å². The Morgan fingerprint density at radius 1 is 1.32 bits per heavy atom. The number of allylic oxidation sites excluding steroid dienone is 4. The Hall–Kier alpha value is -2.47. The van der Waals surface area contributed by atoms with E-state index in [1.165, 1.54) is 10.8 Å². The van der Waals surface area contributed by atoms with Gasteiger partial charge >= 0.3 is 0 Å². The lowest BCUT2D eigenvalue weighted by molar-refractivity contribution is 0.867. The third-order valence-electron chi connectivity index (χ3n) is 3.62. The average molecular weight is 355 g/mol. The molecule has 0 aliphatic heterocycles. The van der Waals surface area contributed by atoms with E-state index >= 15 is 0 Å². The predicted octanol–water partition coefficient (Wildman–Crippen LogP) is 2.72. The van der Waals surface area contributed by atoms with Crippen LogP contribution in [-0.2, 0) is 6.42 Å². The van der Waals surface area contributed by atoms with Crippen LogP contribution < -0.4 is 5.56 Å². The first-order chi connectivity index (χ1) is 10.7. The molecule has 22 heavy (non-hydrogen) atoms. The molecule has 1 aliphatic rings. The maximum absolute atomic E-state index is 12.7. The lowest BCUT2D eigenvalue weighted by Crippen LogP contribution is -2.23. The molecule has 6 heteroatoms. The van der Waals surface area contributed by atoms with Crippen molar-refractivity contribution in [3.05, 3.63) is 80.5 Å². The van der Waals surface area contributed by atoms with Gasteiger partial charge in [0.15, 0.2) is 0 Å². The van der Waals surface area contributed by atoms with E-state index in [9.17, 15) is 4.79 Å². The first-order valence-electron chi connectivity index (χ1n) is 6.80. The molecule has 1 aliphatic carbocycles. The summed E-state index contributed by atoms with van der Waals surface area (Å²) in [6, 6.07) is 7.93. The van der Waals surface area contributed by atoms with Gasteiger partial charge in [0, 0.05) is 16.5 Å². The van der Waals surface area contributed by atoms with Crippen LogP contribution >= 0.6 is 15.9 Å². The minimum absolute atomic E-state index is 0.112. The Labute approximate surface area is 134 Å². The molecule has 1 aromatic carbocycles. The van der Waals surface area contributed by atoms with Crippen LogP contribution in [0, 0.1) is 0 Å². The summed E-state index contributed by atoms with van der Waals surface area (Å²) in [6.07, 6.45) is 7.84. The van der Waals surface area contributed by atoms with Crippen LogP contribution in [-0.4, -0.2) is 19.6 Å². The molecule has 0 radical (unpaired) electrons. The molecule has 0 atom stereocenters. The minimum atomic E-state index is -0.112.